The number of hydrogen-bond acceptors (Lipinski definition) is 4. The maximum atomic E-state index is 6.07. The Hall–Kier alpha value is -1.62. The highest BCUT2D eigenvalue weighted by molar-refractivity contribution is 7.16. The average Bonchev–Trinajstić information content (AvgIpc) is 3.17. The molecule has 1 N–H and O–H groups in total. The Morgan fingerprint density at radius 1 is 1.24 bits per heavy atom. The standard InChI is InChI=1S/C16H15ClN2OS/c1-11(12-4-2-8-18-10-12)19-16(13-5-3-9-20-13)14-6-7-15(17)21-14/h2-11,16,19H,1H3/t11-,16?/m0/s1. The lowest BCUT2D eigenvalue weighted by molar-refractivity contribution is 0.422. The number of rotatable bonds is 5. The molecule has 3 nitrogen and oxygen atoms in total. The first-order valence-electron chi connectivity index (χ1n) is 6.68. The first-order valence-corrected chi connectivity index (χ1v) is 7.88. The Bertz CT molecular complexity index is 681. The SMILES string of the molecule is C[C@H](NC(c1ccco1)c1ccc(Cl)s1)c1cccnc1. The van der Waals surface area contributed by atoms with E-state index in [-0.39, 0.29) is 12.1 Å². The summed E-state index contributed by atoms with van der Waals surface area (Å²) >= 11 is 7.63. The third-order valence-electron chi connectivity index (χ3n) is 3.31. The van der Waals surface area contributed by atoms with Crippen molar-refractivity contribution in [1.82, 2.24) is 10.3 Å². The summed E-state index contributed by atoms with van der Waals surface area (Å²) in [4.78, 5) is 5.30. The van der Waals surface area contributed by atoms with Crippen molar-refractivity contribution in [3.05, 3.63) is 75.6 Å². The molecule has 3 aromatic rings. The molecule has 0 aliphatic rings. The summed E-state index contributed by atoms with van der Waals surface area (Å²) in [6, 6.07) is 11.9. The number of hydrogen-bond donors (Lipinski definition) is 1. The number of thiophene rings is 1. The maximum absolute atomic E-state index is 6.07. The lowest BCUT2D eigenvalue weighted by Gasteiger charge is -2.21. The molecule has 0 aromatic carbocycles. The van der Waals surface area contributed by atoms with Crippen molar-refractivity contribution in [3.63, 3.8) is 0 Å². The predicted molar refractivity (Wildman–Crippen MR) is 85.7 cm³/mol. The lowest BCUT2D eigenvalue weighted by atomic mass is 10.1. The molecule has 0 fully saturated rings. The van der Waals surface area contributed by atoms with Gasteiger partial charge in [-0.1, -0.05) is 17.7 Å². The van der Waals surface area contributed by atoms with Gasteiger partial charge < -0.3 is 4.42 Å². The van der Waals surface area contributed by atoms with E-state index < -0.39 is 0 Å². The van der Waals surface area contributed by atoms with Crippen molar-refractivity contribution in [2.24, 2.45) is 0 Å². The Balaban J connectivity index is 1.86. The first-order chi connectivity index (χ1) is 10.2. The third kappa shape index (κ3) is 3.35. The minimum atomic E-state index is -0.0206. The second kappa shape index (κ2) is 6.43. The van der Waals surface area contributed by atoms with Crippen LogP contribution in [0.25, 0.3) is 0 Å². The van der Waals surface area contributed by atoms with Crippen LogP contribution in [-0.2, 0) is 0 Å². The van der Waals surface area contributed by atoms with E-state index in [9.17, 15) is 0 Å². The monoisotopic (exact) mass is 318 g/mol. The summed E-state index contributed by atoms with van der Waals surface area (Å²) in [5.41, 5.74) is 1.14. The first kappa shape index (κ1) is 14.3. The molecule has 2 atom stereocenters. The highest BCUT2D eigenvalue weighted by atomic mass is 35.5. The molecule has 0 aliphatic heterocycles. The fraction of sp³-hybridized carbons (Fsp3) is 0.188. The molecule has 0 saturated carbocycles. The fourth-order valence-electron chi connectivity index (χ4n) is 2.22. The van der Waals surface area contributed by atoms with E-state index in [1.165, 1.54) is 0 Å². The molecular formula is C16H15ClN2OS. The van der Waals surface area contributed by atoms with Gasteiger partial charge in [0.15, 0.2) is 0 Å². The van der Waals surface area contributed by atoms with E-state index >= 15 is 0 Å². The molecule has 1 unspecified atom stereocenters. The molecule has 3 aromatic heterocycles. The van der Waals surface area contributed by atoms with Gasteiger partial charge in [0, 0.05) is 23.3 Å². The van der Waals surface area contributed by atoms with Crippen LogP contribution in [0, 0.1) is 0 Å². The van der Waals surface area contributed by atoms with Crippen LogP contribution in [0.5, 0.6) is 0 Å². The summed E-state index contributed by atoms with van der Waals surface area (Å²) in [5, 5.41) is 3.58. The molecule has 5 heteroatoms. The van der Waals surface area contributed by atoms with Crippen molar-refractivity contribution in [2.45, 2.75) is 19.0 Å². The predicted octanol–water partition coefficient (Wildman–Crippen LogP) is 4.83. The molecular weight excluding hydrogens is 304 g/mol. The van der Waals surface area contributed by atoms with Crippen LogP contribution < -0.4 is 5.32 Å². The second-order valence-corrected chi connectivity index (χ2v) is 6.51. The summed E-state index contributed by atoms with van der Waals surface area (Å²) in [6.45, 7) is 2.11. The number of nitrogens with one attached hydrogen (secondary N) is 1. The van der Waals surface area contributed by atoms with Crippen molar-refractivity contribution in [2.75, 3.05) is 0 Å². The molecule has 3 heterocycles. The Labute approximate surface area is 132 Å². The van der Waals surface area contributed by atoms with Crippen LogP contribution in [0.2, 0.25) is 4.34 Å². The number of halogens is 1. The molecule has 21 heavy (non-hydrogen) atoms. The minimum absolute atomic E-state index is 0.0206. The number of furan rings is 1. The van der Waals surface area contributed by atoms with Gasteiger partial charge in [-0.05, 0) is 42.8 Å². The zero-order valence-electron chi connectivity index (χ0n) is 11.5. The number of aromatic nitrogens is 1. The molecule has 0 amide bonds. The lowest BCUT2D eigenvalue weighted by Crippen LogP contribution is -2.24. The summed E-state index contributed by atoms with van der Waals surface area (Å²) < 4.78 is 6.36. The fourth-order valence-corrected chi connectivity index (χ4v) is 3.35. The summed E-state index contributed by atoms with van der Waals surface area (Å²) in [7, 11) is 0. The Kier molecular flexibility index (Phi) is 4.39. The quantitative estimate of drug-likeness (QED) is 0.732. The highest BCUT2D eigenvalue weighted by Gasteiger charge is 2.21. The Morgan fingerprint density at radius 2 is 2.14 bits per heavy atom. The normalized spacial score (nSPS) is 14.0. The van der Waals surface area contributed by atoms with Crippen molar-refractivity contribution >= 4 is 22.9 Å². The molecule has 0 bridgehead atoms. The van der Waals surface area contributed by atoms with E-state index in [1.54, 1.807) is 23.8 Å². The van der Waals surface area contributed by atoms with Gasteiger partial charge in [-0.3, -0.25) is 10.3 Å². The van der Waals surface area contributed by atoms with E-state index in [0.29, 0.717) is 0 Å². The van der Waals surface area contributed by atoms with Crippen LogP contribution in [-0.4, -0.2) is 4.98 Å². The zero-order valence-corrected chi connectivity index (χ0v) is 13.1. The Morgan fingerprint density at radius 3 is 2.76 bits per heavy atom. The minimum Gasteiger partial charge on any atom is -0.467 e. The molecule has 0 radical (unpaired) electrons. The average molecular weight is 319 g/mol. The van der Waals surface area contributed by atoms with Gasteiger partial charge in [0.1, 0.15) is 11.8 Å². The van der Waals surface area contributed by atoms with Crippen molar-refractivity contribution in [3.8, 4) is 0 Å². The van der Waals surface area contributed by atoms with E-state index in [4.69, 9.17) is 16.0 Å². The van der Waals surface area contributed by atoms with E-state index in [1.807, 2.05) is 36.5 Å². The smallest absolute Gasteiger partial charge is 0.126 e. The summed E-state index contributed by atoms with van der Waals surface area (Å²) in [6.07, 6.45) is 5.34. The van der Waals surface area contributed by atoms with Gasteiger partial charge in [-0.25, -0.2) is 0 Å². The molecule has 108 valence electrons. The second-order valence-electron chi connectivity index (χ2n) is 4.77. The van der Waals surface area contributed by atoms with Gasteiger partial charge in [0.25, 0.3) is 0 Å². The van der Waals surface area contributed by atoms with Gasteiger partial charge in [0.05, 0.1) is 10.6 Å². The van der Waals surface area contributed by atoms with Crippen LogP contribution in [0.1, 0.15) is 35.2 Å². The molecule has 3 rings (SSSR count). The van der Waals surface area contributed by atoms with E-state index in [0.717, 1.165) is 20.5 Å². The highest BCUT2D eigenvalue weighted by Crippen LogP contribution is 2.33. The molecule has 0 spiro atoms. The van der Waals surface area contributed by atoms with Crippen molar-refractivity contribution < 1.29 is 4.42 Å². The topological polar surface area (TPSA) is 38.1 Å². The van der Waals surface area contributed by atoms with Crippen LogP contribution in [0.4, 0.5) is 0 Å². The van der Waals surface area contributed by atoms with Crippen LogP contribution in [0.15, 0.2) is 59.5 Å². The van der Waals surface area contributed by atoms with Gasteiger partial charge >= 0.3 is 0 Å². The largest absolute Gasteiger partial charge is 0.467 e. The van der Waals surface area contributed by atoms with Crippen LogP contribution in [0.3, 0.4) is 0 Å². The number of pyridine rings is 1. The maximum Gasteiger partial charge on any atom is 0.126 e. The zero-order chi connectivity index (χ0) is 14.7. The van der Waals surface area contributed by atoms with Crippen molar-refractivity contribution in [1.29, 1.82) is 0 Å². The summed E-state index contributed by atoms with van der Waals surface area (Å²) in [5.74, 6) is 0.879. The third-order valence-corrected chi connectivity index (χ3v) is 4.60. The van der Waals surface area contributed by atoms with Gasteiger partial charge in [-0.2, -0.15) is 0 Å². The number of nitrogens with zero attached hydrogens (tertiary/aromatic N) is 1. The van der Waals surface area contributed by atoms with Gasteiger partial charge in [-0.15, -0.1) is 11.3 Å². The molecule has 0 saturated heterocycles. The van der Waals surface area contributed by atoms with E-state index in [2.05, 4.69) is 23.3 Å². The van der Waals surface area contributed by atoms with Crippen LogP contribution >= 0.6 is 22.9 Å². The van der Waals surface area contributed by atoms with Gasteiger partial charge in [0.2, 0.25) is 0 Å². The molecule has 0 aliphatic carbocycles.